The molecule has 5 nitrogen and oxygen atoms in total. The molecular weight excluding hydrogens is 359 g/mol. The molecule has 0 aliphatic heterocycles. The van der Waals surface area contributed by atoms with Gasteiger partial charge in [0.2, 0.25) is 0 Å². The van der Waals surface area contributed by atoms with Gasteiger partial charge in [0.25, 0.3) is 0 Å². The lowest BCUT2D eigenvalue weighted by atomic mass is 9.98. The number of imidazole rings is 1. The summed E-state index contributed by atoms with van der Waals surface area (Å²) in [6, 6.07) is 5.11. The van der Waals surface area contributed by atoms with Crippen molar-refractivity contribution in [1.29, 1.82) is 0 Å². The molecule has 27 heavy (non-hydrogen) atoms. The summed E-state index contributed by atoms with van der Waals surface area (Å²) in [5, 5.41) is 2.64. The summed E-state index contributed by atoms with van der Waals surface area (Å²) < 4.78 is 43.6. The summed E-state index contributed by atoms with van der Waals surface area (Å²) in [5.41, 5.74) is 1.03. The summed E-state index contributed by atoms with van der Waals surface area (Å²) >= 11 is 0. The van der Waals surface area contributed by atoms with Crippen LogP contribution in [0.4, 0.5) is 18.0 Å². The van der Waals surface area contributed by atoms with Crippen LogP contribution in [-0.4, -0.2) is 21.7 Å². The van der Waals surface area contributed by atoms with E-state index >= 15 is 0 Å². The van der Waals surface area contributed by atoms with Gasteiger partial charge in [-0.2, -0.15) is 13.2 Å². The molecule has 0 spiro atoms. The highest BCUT2D eigenvalue weighted by atomic mass is 19.4. The Balaban J connectivity index is 2.23. The van der Waals surface area contributed by atoms with Gasteiger partial charge in [-0.05, 0) is 44.9 Å². The van der Waals surface area contributed by atoms with Crippen LogP contribution in [-0.2, 0) is 17.5 Å². The van der Waals surface area contributed by atoms with E-state index in [1.165, 1.54) is 0 Å². The van der Waals surface area contributed by atoms with Crippen molar-refractivity contribution >= 4 is 11.7 Å². The third-order valence-electron chi connectivity index (χ3n) is 3.52. The molecular formula is C19H22F3N3O2. The predicted molar refractivity (Wildman–Crippen MR) is 96.8 cm³/mol. The highest BCUT2D eigenvalue weighted by Gasteiger charge is 2.33. The van der Waals surface area contributed by atoms with E-state index in [0.29, 0.717) is 16.7 Å². The van der Waals surface area contributed by atoms with Crippen molar-refractivity contribution in [2.75, 3.05) is 0 Å². The van der Waals surface area contributed by atoms with Crippen LogP contribution in [0, 0.1) is 0 Å². The number of carbonyl (C=O) groups excluding carboxylic acids is 1. The van der Waals surface area contributed by atoms with Crippen LogP contribution in [0.1, 0.15) is 44.5 Å². The lowest BCUT2D eigenvalue weighted by Gasteiger charge is -2.20. The Bertz CT molecular complexity index is 849. The number of nitrogens with one attached hydrogen (secondary N) is 2. The minimum absolute atomic E-state index is 0.104. The number of H-pyrrole nitrogens is 1. The molecule has 0 saturated carbocycles. The van der Waals surface area contributed by atoms with Crippen molar-refractivity contribution < 1.29 is 22.7 Å². The fraction of sp³-hybridized carbons (Fsp3) is 0.368. The quantitative estimate of drug-likeness (QED) is 0.769. The number of aromatic amines is 1. The summed E-state index contributed by atoms with van der Waals surface area (Å²) in [4.78, 5) is 17.9. The normalized spacial score (nSPS) is 12.0. The number of alkyl halides is 3. The first kappa shape index (κ1) is 20.5. The van der Waals surface area contributed by atoms with Crippen LogP contribution in [0.3, 0.4) is 0 Å². The Morgan fingerprint density at radius 1 is 1.30 bits per heavy atom. The first-order valence-electron chi connectivity index (χ1n) is 8.25. The zero-order valence-corrected chi connectivity index (χ0v) is 15.6. The highest BCUT2D eigenvalue weighted by Crippen LogP contribution is 2.32. The summed E-state index contributed by atoms with van der Waals surface area (Å²) in [6.45, 7) is 11.1. The Morgan fingerprint density at radius 2 is 1.96 bits per heavy atom. The van der Waals surface area contributed by atoms with E-state index in [2.05, 4.69) is 21.9 Å². The van der Waals surface area contributed by atoms with E-state index in [-0.39, 0.29) is 12.4 Å². The van der Waals surface area contributed by atoms with Gasteiger partial charge in [-0.3, -0.25) is 0 Å². The van der Waals surface area contributed by atoms with Crippen LogP contribution in [0.15, 0.2) is 31.0 Å². The van der Waals surface area contributed by atoms with E-state index in [1.54, 1.807) is 45.9 Å². The zero-order chi connectivity index (χ0) is 20.4. The molecule has 0 bridgehead atoms. The molecule has 2 rings (SSSR count). The van der Waals surface area contributed by atoms with E-state index in [4.69, 9.17) is 4.74 Å². The first-order chi connectivity index (χ1) is 12.4. The number of hydrogen-bond donors (Lipinski definition) is 2. The molecule has 0 saturated heterocycles. The highest BCUT2D eigenvalue weighted by molar-refractivity contribution is 5.77. The van der Waals surface area contributed by atoms with Crippen LogP contribution >= 0.6 is 0 Å². The third-order valence-corrected chi connectivity index (χ3v) is 3.52. The Labute approximate surface area is 155 Å². The maximum absolute atomic E-state index is 12.8. The molecule has 8 heteroatoms. The molecule has 2 aromatic rings. The van der Waals surface area contributed by atoms with Gasteiger partial charge in [-0.15, -0.1) is 0 Å². The van der Waals surface area contributed by atoms with Crippen molar-refractivity contribution in [2.45, 2.75) is 46.0 Å². The number of allylic oxidation sites excluding steroid dienone is 1. The number of amides is 1. The smallest absolute Gasteiger partial charge is 0.432 e. The molecule has 0 aliphatic carbocycles. The fourth-order valence-electron chi connectivity index (χ4n) is 2.35. The van der Waals surface area contributed by atoms with Crippen molar-refractivity contribution in [3.8, 4) is 11.4 Å². The minimum atomic E-state index is -4.49. The van der Waals surface area contributed by atoms with Gasteiger partial charge in [-0.1, -0.05) is 24.3 Å². The summed E-state index contributed by atoms with van der Waals surface area (Å²) in [6.07, 6.45) is -4.29. The van der Waals surface area contributed by atoms with Crippen molar-refractivity contribution in [3.63, 3.8) is 0 Å². The van der Waals surface area contributed by atoms with Gasteiger partial charge in [0.1, 0.15) is 17.1 Å². The number of rotatable bonds is 4. The van der Waals surface area contributed by atoms with Gasteiger partial charge < -0.3 is 15.0 Å². The average Bonchev–Trinajstić information content (AvgIpc) is 3.01. The molecule has 1 amide bonds. The monoisotopic (exact) mass is 381 g/mol. The number of nitrogens with zero attached hydrogens (tertiary/aromatic N) is 1. The van der Waals surface area contributed by atoms with Gasteiger partial charge in [0.15, 0.2) is 0 Å². The maximum atomic E-state index is 12.8. The van der Waals surface area contributed by atoms with E-state index in [9.17, 15) is 18.0 Å². The lowest BCUT2D eigenvalue weighted by Crippen LogP contribution is -2.32. The number of halogens is 3. The van der Waals surface area contributed by atoms with Gasteiger partial charge in [-0.25, -0.2) is 9.78 Å². The SMILES string of the molecule is C=C(C)c1cc(CNC(=O)OC(C)(C)C)ccc1-c1ncc(C(F)(F)F)[nH]1. The van der Waals surface area contributed by atoms with Crippen molar-refractivity contribution in [1.82, 2.24) is 15.3 Å². The molecule has 1 aromatic carbocycles. The Kier molecular flexibility index (Phi) is 5.67. The average molecular weight is 381 g/mol. The van der Waals surface area contributed by atoms with E-state index < -0.39 is 23.6 Å². The number of aromatic nitrogens is 2. The van der Waals surface area contributed by atoms with Crippen LogP contribution in [0.25, 0.3) is 17.0 Å². The van der Waals surface area contributed by atoms with Crippen LogP contribution < -0.4 is 5.32 Å². The van der Waals surface area contributed by atoms with Gasteiger partial charge in [0.05, 0.1) is 6.20 Å². The molecule has 0 atom stereocenters. The largest absolute Gasteiger partial charge is 0.444 e. The molecule has 1 aromatic heterocycles. The molecule has 0 unspecified atom stereocenters. The summed E-state index contributed by atoms with van der Waals surface area (Å²) in [5.74, 6) is 0.104. The third kappa shape index (κ3) is 5.60. The van der Waals surface area contributed by atoms with Gasteiger partial charge in [0, 0.05) is 12.1 Å². The number of ether oxygens (including phenoxy) is 1. The Hall–Kier alpha value is -2.77. The van der Waals surface area contributed by atoms with Gasteiger partial charge >= 0.3 is 12.3 Å². The van der Waals surface area contributed by atoms with Crippen LogP contribution in [0.2, 0.25) is 0 Å². The summed E-state index contributed by atoms with van der Waals surface area (Å²) in [7, 11) is 0. The van der Waals surface area contributed by atoms with Crippen molar-refractivity contribution in [3.05, 3.63) is 47.8 Å². The molecule has 2 N–H and O–H groups in total. The minimum Gasteiger partial charge on any atom is -0.444 e. The maximum Gasteiger partial charge on any atom is 0.432 e. The number of hydrogen-bond acceptors (Lipinski definition) is 3. The lowest BCUT2D eigenvalue weighted by molar-refractivity contribution is -0.140. The molecule has 1 heterocycles. The van der Waals surface area contributed by atoms with E-state index in [1.807, 2.05) is 0 Å². The number of carbonyl (C=O) groups is 1. The topological polar surface area (TPSA) is 67.0 Å². The molecule has 146 valence electrons. The molecule has 0 fully saturated rings. The predicted octanol–water partition coefficient (Wildman–Crippen LogP) is 5.15. The standard InChI is InChI=1S/C19H22F3N3O2/c1-11(2)14-8-12(9-24-17(26)27-18(3,4)5)6-7-13(14)16-23-10-15(25-16)19(20,21)22/h6-8,10H,1,9H2,2-5H3,(H,23,25)(H,24,26). The van der Waals surface area contributed by atoms with E-state index in [0.717, 1.165) is 11.8 Å². The number of benzene rings is 1. The fourth-order valence-corrected chi connectivity index (χ4v) is 2.35. The molecule has 0 radical (unpaired) electrons. The molecule has 0 aliphatic rings. The Morgan fingerprint density at radius 3 is 2.48 bits per heavy atom. The second kappa shape index (κ2) is 7.46. The van der Waals surface area contributed by atoms with Crippen LogP contribution in [0.5, 0.6) is 0 Å². The number of alkyl carbamates (subject to hydrolysis) is 1. The second-order valence-electron chi connectivity index (χ2n) is 7.16. The zero-order valence-electron chi connectivity index (χ0n) is 15.6. The second-order valence-corrected chi connectivity index (χ2v) is 7.16. The van der Waals surface area contributed by atoms with Crippen molar-refractivity contribution in [2.24, 2.45) is 0 Å². The first-order valence-corrected chi connectivity index (χ1v) is 8.25.